The Labute approximate surface area is 119 Å². The molecule has 0 saturated carbocycles. The number of amides is 2. The highest BCUT2D eigenvalue weighted by atomic mass is 16.6. The van der Waals surface area contributed by atoms with Gasteiger partial charge >= 0.3 is 12.0 Å². The van der Waals surface area contributed by atoms with Gasteiger partial charge in [0.1, 0.15) is 5.60 Å². The summed E-state index contributed by atoms with van der Waals surface area (Å²) in [5, 5.41) is 5.24. The minimum atomic E-state index is -0.818. The third-order valence-corrected chi connectivity index (χ3v) is 2.39. The zero-order chi connectivity index (χ0) is 15.2. The monoisotopic (exact) mass is 278 g/mol. The average molecular weight is 278 g/mol. The minimum absolute atomic E-state index is 0.396. The van der Waals surface area contributed by atoms with Crippen LogP contribution in [0.15, 0.2) is 30.3 Å². The van der Waals surface area contributed by atoms with Gasteiger partial charge < -0.3 is 15.4 Å². The molecule has 0 fully saturated rings. The minimum Gasteiger partial charge on any atom is -0.458 e. The van der Waals surface area contributed by atoms with Gasteiger partial charge in [0.15, 0.2) is 6.04 Å². The number of rotatable bonds is 4. The largest absolute Gasteiger partial charge is 0.458 e. The Morgan fingerprint density at radius 3 is 2.30 bits per heavy atom. The topological polar surface area (TPSA) is 67.4 Å². The van der Waals surface area contributed by atoms with E-state index in [1.54, 1.807) is 32.9 Å². The normalized spacial score (nSPS) is 12.4. The number of urea groups is 1. The fraction of sp³-hybridized carbons (Fsp3) is 0.467. The van der Waals surface area contributed by atoms with Crippen molar-refractivity contribution in [1.29, 1.82) is 0 Å². The van der Waals surface area contributed by atoms with Gasteiger partial charge in [0.25, 0.3) is 0 Å². The third-order valence-electron chi connectivity index (χ3n) is 2.39. The number of hydrogen-bond donors (Lipinski definition) is 2. The number of hydrogen-bond acceptors (Lipinski definition) is 3. The Kier molecular flexibility index (Phi) is 5.55. The van der Waals surface area contributed by atoms with Crippen molar-refractivity contribution in [2.45, 2.75) is 39.3 Å². The fourth-order valence-corrected chi connectivity index (χ4v) is 1.63. The molecule has 0 bridgehead atoms. The first-order valence-electron chi connectivity index (χ1n) is 6.65. The molecule has 0 aromatic heterocycles. The Bertz CT molecular complexity index is 452. The molecule has 0 saturated heterocycles. The molecule has 20 heavy (non-hydrogen) atoms. The number of ether oxygens (including phenoxy) is 1. The van der Waals surface area contributed by atoms with Gasteiger partial charge in [0.05, 0.1) is 0 Å². The predicted molar refractivity (Wildman–Crippen MR) is 77.2 cm³/mol. The van der Waals surface area contributed by atoms with Crippen LogP contribution in [-0.4, -0.2) is 24.1 Å². The Balaban J connectivity index is 2.90. The van der Waals surface area contributed by atoms with Crippen molar-refractivity contribution in [2.75, 3.05) is 6.54 Å². The zero-order valence-electron chi connectivity index (χ0n) is 12.4. The first kappa shape index (κ1) is 16.0. The quantitative estimate of drug-likeness (QED) is 0.831. The van der Waals surface area contributed by atoms with Gasteiger partial charge in [-0.15, -0.1) is 0 Å². The summed E-state index contributed by atoms with van der Waals surface area (Å²) < 4.78 is 5.35. The van der Waals surface area contributed by atoms with Gasteiger partial charge in [-0.1, -0.05) is 30.3 Å². The van der Waals surface area contributed by atoms with Crippen LogP contribution >= 0.6 is 0 Å². The van der Waals surface area contributed by atoms with Crippen LogP contribution in [0.1, 0.15) is 39.3 Å². The van der Waals surface area contributed by atoms with Crippen LogP contribution < -0.4 is 10.6 Å². The lowest BCUT2D eigenvalue weighted by Gasteiger charge is -2.24. The summed E-state index contributed by atoms with van der Waals surface area (Å²) in [6.45, 7) is 7.67. The maximum Gasteiger partial charge on any atom is 0.333 e. The van der Waals surface area contributed by atoms with Crippen LogP contribution in [0.4, 0.5) is 4.79 Å². The van der Waals surface area contributed by atoms with E-state index in [2.05, 4.69) is 10.6 Å². The predicted octanol–water partition coefficient (Wildman–Crippen LogP) is 2.39. The lowest BCUT2D eigenvalue weighted by Crippen LogP contribution is -2.42. The highest BCUT2D eigenvalue weighted by Gasteiger charge is 2.27. The molecule has 110 valence electrons. The number of esters is 1. The zero-order valence-corrected chi connectivity index (χ0v) is 12.4. The van der Waals surface area contributed by atoms with E-state index in [1.165, 1.54) is 0 Å². The summed E-state index contributed by atoms with van der Waals surface area (Å²) >= 11 is 0. The van der Waals surface area contributed by atoms with Gasteiger partial charge in [-0.2, -0.15) is 0 Å². The molecular weight excluding hydrogens is 256 g/mol. The van der Waals surface area contributed by atoms with E-state index in [4.69, 9.17) is 4.74 Å². The molecule has 0 aliphatic heterocycles. The molecular formula is C15H22N2O3. The first-order chi connectivity index (χ1) is 9.33. The molecule has 1 aromatic rings. The summed E-state index contributed by atoms with van der Waals surface area (Å²) in [5.74, 6) is -0.477. The molecule has 5 nitrogen and oxygen atoms in total. The summed E-state index contributed by atoms with van der Waals surface area (Å²) in [5.41, 5.74) is 0.0838. The maximum atomic E-state index is 12.2. The molecule has 5 heteroatoms. The fourth-order valence-electron chi connectivity index (χ4n) is 1.63. The summed E-state index contributed by atoms with van der Waals surface area (Å²) in [6, 6.07) is 7.82. The second-order valence-electron chi connectivity index (χ2n) is 5.38. The van der Waals surface area contributed by atoms with E-state index >= 15 is 0 Å². The Hall–Kier alpha value is -2.04. The second-order valence-corrected chi connectivity index (χ2v) is 5.38. The van der Waals surface area contributed by atoms with Gasteiger partial charge in [-0.3, -0.25) is 0 Å². The Morgan fingerprint density at radius 2 is 1.80 bits per heavy atom. The van der Waals surface area contributed by atoms with Gasteiger partial charge in [-0.05, 0) is 33.3 Å². The SMILES string of the molecule is CCNC(=O)N[C@H](C(=O)OC(C)(C)C)c1ccccc1. The molecule has 0 heterocycles. The van der Waals surface area contributed by atoms with E-state index < -0.39 is 23.6 Å². The van der Waals surface area contributed by atoms with Crippen LogP contribution in [-0.2, 0) is 9.53 Å². The summed E-state index contributed by atoms with van der Waals surface area (Å²) in [7, 11) is 0. The number of nitrogens with one attached hydrogen (secondary N) is 2. The Morgan fingerprint density at radius 1 is 1.20 bits per heavy atom. The van der Waals surface area contributed by atoms with Crippen molar-refractivity contribution in [3.63, 3.8) is 0 Å². The van der Waals surface area contributed by atoms with Gasteiger partial charge in [0, 0.05) is 6.54 Å². The number of carbonyl (C=O) groups is 2. The van der Waals surface area contributed by atoms with Crippen molar-refractivity contribution < 1.29 is 14.3 Å². The van der Waals surface area contributed by atoms with Crippen LogP contribution in [0.3, 0.4) is 0 Å². The first-order valence-corrected chi connectivity index (χ1v) is 6.65. The van der Waals surface area contributed by atoms with Crippen LogP contribution in [0.25, 0.3) is 0 Å². The van der Waals surface area contributed by atoms with E-state index in [0.29, 0.717) is 12.1 Å². The van der Waals surface area contributed by atoms with Gasteiger partial charge in [-0.25, -0.2) is 9.59 Å². The molecule has 0 radical (unpaired) electrons. The third kappa shape index (κ3) is 5.30. The van der Waals surface area contributed by atoms with E-state index in [-0.39, 0.29) is 0 Å². The average Bonchev–Trinajstić information content (AvgIpc) is 2.35. The molecule has 1 aromatic carbocycles. The smallest absolute Gasteiger partial charge is 0.333 e. The number of benzene rings is 1. The summed E-state index contributed by atoms with van der Waals surface area (Å²) in [4.78, 5) is 23.9. The lowest BCUT2D eigenvalue weighted by molar-refractivity contribution is -0.157. The second kappa shape index (κ2) is 6.93. The molecule has 0 aliphatic rings. The van der Waals surface area contributed by atoms with Crippen molar-refractivity contribution in [3.05, 3.63) is 35.9 Å². The highest BCUT2D eigenvalue weighted by molar-refractivity contribution is 5.84. The summed E-state index contributed by atoms with van der Waals surface area (Å²) in [6.07, 6.45) is 0. The van der Waals surface area contributed by atoms with E-state index in [9.17, 15) is 9.59 Å². The molecule has 0 spiro atoms. The molecule has 0 unspecified atom stereocenters. The molecule has 1 atom stereocenters. The molecule has 2 N–H and O–H groups in total. The number of carbonyl (C=O) groups excluding carboxylic acids is 2. The molecule has 2 amide bonds. The van der Waals surface area contributed by atoms with Crippen LogP contribution in [0.5, 0.6) is 0 Å². The van der Waals surface area contributed by atoms with Crippen molar-refractivity contribution in [3.8, 4) is 0 Å². The van der Waals surface area contributed by atoms with Crippen LogP contribution in [0.2, 0.25) is 0 Å². The van der Waals surface area contributed by atoms with E-state index in [0.717, 1.165) is 0 Å². The van der Waals surface area contributed by atoms with Crippen molar-refractivity contribution in [2.24, 2.45) is 0 Å². The lowest BCUT2D eigenvalue weighted by atomic mass is 10.1. The van der Waals surface area contributed by atoms with E-state index in [1.807, 2.05) is 25.1 Å². The van der Waals surface area contributed by atoms with Crippen molar-refractivity contribution >= 4 is 12.0 Å². The molecule has 0 aliphatic carbocycles. The highest BCUT2D eigenvalue weighted by Crippen LogP contribution is 2.18. The van der Waals surface area contributed by atoms with Gasteiger partial charge in [0.2, 0.25) is 0 Å². The van der Waals surface area contributed by atoms with Crippen molar-refractivity contribution in [1.82, 2.24) is 10.6 Å². The maximum absolute atomic E-state index is 12.2. The standard InChI is InChI=1S/C15H22N2O3/c1-5-16-14(19)17-12(11-9-7-6-8-10-11)13(18)20-15(2,3)4/h6-10,12H,5H2,1-4H3,(H2,16,17,19)/t12-/m0/s1. The van der Waals surface area contributed by atoms with Crippen LogP contribution in [0, 0.1) is 0 Å². The molecule has 1 rings (SSSR count).